The first-order valence-corrected chi connectivity index (χ1v) is 10.0. The topological polar surface area (TPSA) is 81.2 Å². The third kappa shape index (κ3) is 4.37. The maximum atomic E-state index is 12.9. The number of likely N-dealkylation sites (tertiary alicyclic amines) is 1. The molecule has 152 valence electrons. The summed E-state index contributed by atoms with van der Waals surface area (Å²) in [5, 5.41) is 12.0. The minimum Gasteiger partial charge on any atom is -0.497 e. The van der Waals surface area contributed by atoms with Crippen molar-refractivity contribution in [2.45, 2.75) is 25.4 Å². The smallest absolute Gasteiger partial charge is 0.241 e. The number of benzene rings is 2. The first-order valence-electron chi connectivity index (χ1n) is 10.0. The Bertz CT molecular complexity index is 1070. The molecule has 2 N–H and O–H groups in total. The van der Waals surface area contributed by atoms with Gasteiger partial charge in [-0.15, -0.1) is 0 Å². The van der Waals surface area contributed by atoms with Crippen LogP contribution in [0.5, 0.6) is 5.75 Å². The molecule has 4 rings (SSSR count). The maximum absolute atomic E-state index is 12.9. The molecule has 30 heavy (non-hydrogen) atoms. The van der Waals surface area contributed by atoms with Crippen LogP contribution < -0.4 is 10.1 Å². The molecule has 1 aliphatic heterocycles. The number of H-pyrrole nitrogens is 1. The third-order valence-corrected chi connectivity index (χ3v) is 5.47. The summed E-state index contributed by atoms with van der Waals surface area (Å²) in [7, 11) is 1.66. The molecule has 6 heteroatoms. The van der Waals surface area contributed by atoms with Crippen molar-refractivity contribution in [3.05, 3.63) is 72.1 Å². The van der Waals surface area contributed by atoms with Gasteiger partial charge in [-0.2, -0.15) is 5.26 Å². The molecule has 1 amide bonds. The van der Waals surface area contributed by atoms with Gasteiger partial charge in [0.25, 0.3) is 0 Å². The fourth-order valence-electron chi connectivity index (χ4n) is 3.92. The number of aromatic nitrogens is 1. The van der Waals surface area contributed by atoms with Crippen molar-refractivity contribution in [2.24, 2.45) is 0 Å². The summed E-state index contributed by atoms with van der Waals surface area (Å²) in [6.45, 7) is 1.53. The summed E-state index contributed by atoms with van der Waals surface area (Å²) in [4.78, 5) is 18.0. The summed E-state index contributed by atoms with van der Waals surface area (Å²) in [5.74, 6) is 0.827. The number of amides is 1. The van der Waals surface area contributed by atoms with E-state index in [2.05, 4.69) is 21.3 Å². The molecule has 0 radical (unpaired) electrons. The second kappa shape index (κ2) is 8.85. The van der Waals surface area contributed by atoms with Crippen molar-refractivity contribution in [1.82, 2.24) is 9.88 Å². The van der Waals surface area contributed by atoms with Crippen LogP contribution in [-0.4, -0.2) is 35.5 Å². The highest BCUT2D eigenvalue weighted by Gasteiger charge is 2.30. The van der Waals surface area contributed by atoms with Crippen LogP contribution in [0, 0.1) is 11.3 Å². The summed E-state index contributed by atoms with van der Waals surface area (Å²) in [5.41, 5.74) is 4.48. The van der Waals surface area contributed by atoms with Gasteiger partial charge in [-0.05, 0) is 66.4 Å². The number of ether oxygens (including phenoxy) is 1. The monoisotopic (exact) mass is 400 g/mol. The van der Waals surface area contributed by atoms with Crippen molar-refractivity contribution in [3.8, 4) is 22.9 Å². The summed E-state index contributed by atoms with van der Waals surface area (Å²) in [6, 6.07) is 19.5. The maximum Gasteiger partial charge on any atom is 0.241 e. The van der Waals surface area contributed by atoms with E-state index in [1.165, 1.54) is 0 Å². The fraction of sp³-hybridized carbons (Fsp3) is 0.250. The van der Waals surface area contributed by atoms with Gasteiger partial charge in [-0.25, -0.2) is 0 Å². The Hall–Kier alpha value is -3.56. The molecule has 1 fully saturated rings. The van der Waals surface area contributed by atoms with Gasteiger partial charge in [0.2, 0.25) is 5.91 Å². The lowest BCUT2D eigenvalue weighted by Gasteiger charge is -2.23. The van der Waals surface area contributed by atoms with E-state index in [1.54, 1.807) is 7.11 Å². The van der Waals surface area contributed by atoms with Crippen LogP contribution in [0.2, 0.25) is 0 Å². The fourth-order valence-corrected chi connectivity index (χ4v) is 3.92. The molecule has 0 unspecified atom stereocenters. The number of aromatic amines is 1. The van der Waals surface area contributed by atoms with Gasteiger partial charge in [0.05, 0.1) is 13.2 Å². The number of nitrogens with one attached hydrogen (secondary N) is 2. The van der Waals surface area contributed by atoms with E-state index in [1.807, 2.05) is 60.8 Å². The predicted molar refractivity (Wildman–Crippen MR) is 116 cm³/mol. The summed E-state index contributed by atoms with van der Waals surface area (Å²) >= 11 is 0. The second-order valence-electron chi connectivity index (χ2n) is 7.46. The van der Waals surface area contributed by atoms with Crippen molar-refractivity contribution in [3.63, 3.8) is 0 Å². The molecule has 0 bridgehead atoms. The Labute approximate surface area is 176 Å². The summed E-state index contributed by atoms with van der Waals surface area (Å²) in [6.07, 6.45) is 3.66. The highest BCUT2D eigenvalue weighted by atomic mass is 16.5. The van der Waals surface area contributed by atoms with Crippen LogP contribution in [0.15, 0.2) is 60.8 Å². The standard InChI is InChI=1S/C24H24N4O2/c1-30-22-5-2-4-19(13-22)18-7-9-20(10-8-18)27-24(29)23-6-3-11-28(23)16-17-12-21(14-25)26-15-17/h2,4-5,7-10,12-13,15,23,26H,3,6,11,16H2,1H3,(H,27,29)/t23-/m0/s1. The van der Waals surface area contributed by atoms with Crippen LogP contribution >= 0.6 is 0 Å². The molecule has 2 aromatic carbocycles. The lowest BCUT2D eigenvalue weighted by molar-refractivity contribution is -0.120. The van der Waals surface area contributed by atoms with E-state index in [-0.39, 0.29) is 11.9 Å². The number of hydrogen-bond acceptors (Lipinski definition) is 4. The van der Waals surface area contributed by atoms with E-state index < -0.39 is 0 Å². The van der Waals surface area contributed by atoms with Crippen molar-refractivity contribution >= 4 is 11.6 Å². The van der Waals surface area contributed by atoms with Crippen LogP contribution in [0.25, 0.3) is 11.1 Å². The quantitative estimate of drug-likeness (QED) is 0.651. The molecule has 1 saturated heterocycles. The first-order chi connectivity index (χ1) is 14.7. The number of carbonyl (C=O) groups excluding carboxylic acids is 1. The van der Waals surface area contributed by atoms with Gasteiger partial charge in [0.15, 0.2) is 0 Å². The van der Waals surface area contributed by atoms with E-state index in [4.69, 9.17) is 10.00 Å². The molecule has 0 saturated carbocycles. The Morgan fingerprint density at radius 2 is 2.07 bits per heavy atom. The number of rotatable bonds is 6. The van der Waals surface area contributed by atoms with Crippen LogP contribution in [0.4, 0.5) is 5.69 Å². The molecule has 2 heterocycles. The predicted octanol–water partition coefficient (Wildman–Crippen LogP) is 4.17. The number of nitriles is 1. The zero-order valence-corrected chi connectivity index (χ0v) is 16.9. The SMILES string of the molecule is COc1cccc(-c2ccc(NC(=O)[C@@H]3CCCN3Cc3c[nH]c(C#N)c3)cc2)c1. The summed E-state index contributed by atoms with van der Waals surface area (Å²) < 4.78 is 5.29. The van der Waals surface area contributed by atoms with E-state index in [0.717, 1.165) is 47.5 Å². The Kier molecular flexibility index (Phi) is 5.82. The first kappa shape index (κ1) is 19.7. The van der Waals surface area contributed by atoms with Crippen molar-refractivity contribution in [1.29, 1.82) is 5.26 Å². The van der Waals surface area contributed by atoms with Crippen LogP contribution in [0.3, 0.4) is 0 Å². The number of hydrogen-bond donors (Lipinski definition) is 2. The van der Waals surface area contributed by atoms with Gasteiger partial charge in [-0.3, -0.25) is 9.69 Å². The van der Waals surface area contributed by atoms with Crippen LogP contribution in [-0.2, 0) is 11.3 Å². The lowest BCUT2D eigenvalue weighted by atomic mass is 10.0. The molecule has 6 nitrogen and oxygen atoms in total. The van der Waals surface area contributed by atoms with Gasteiger partial charge in [0.1, 0.15) is 17.5 Å². The number of nitrogens with zero attached hydrogens (tertiary/aromatic N) is 2. The average molecular weight is 400 g/mol. The largest absolute Gasteiger partial charge is 0.497 e. The molecule has 3 aromatic rings. The minimum absolute atomic E-state index is 0.0117. The minimum atomic E-state index is -0.163. The molecule has 0 spiro atoms. The van der Waals surface area contributed by atoms with Crippen LogP contribution in [0.1, 0.15) is 24.1 Å². The number of anilines is 1. The highest BCUT2D eigenvalue weighted by molar-refractivity contribution is 5.95. The van der Waals surface area contributed by atoms with Gasteiger partial charge < -0.3 is 15.0 Å². The Morgan fingerprint density at radius 1 is 1.23 bits per heavy atom. The number of carbonyl (C=O) groups is 1. The molecular weight excluding hydrogens is 376 g/mol. The molecule has 1 atom stereocenters. The van der Waals surface area contributed by atoms with Gasteiger partial charge >= 0.3 is 0 Å². The zero-order valence-electron chi connectivity index (χ0n) is 16.9. The van der Waals surface area contributed by atoms with Crippen molar-refractivity contribution < 1.29 is 9.53 Å². The molecule has 1 aromatic heterocycles. The average Bonchev–Trinajstić information content (AvgIpc) is 3.44. The molecular formula is C24H24N4O2. The zero-order chi connectivity index (χ0) is 20.9. The van der Waals surface area contributed by atoms with Gasteiger partial charge in [0, 0.05) is 18.4 Å². The molecule has 1 aliphatic rings. The van der Waals surface area contributed by atoms with Gasteiger partial charge in [-0.1, -0.05) is 24.3 Å². The highest BCUT2D eigenvalue weighted by Crippen LogP contribution is 2.26. The van der Waals surface area contributed by atoms with E-state index >= 15 is 0 Å². The molecule has 0 aliphatic carbocycles. The Morgan fingerprint density at radius 3 is 2.80 bits per heavy atom. The van der Waals surface area contributed by atoms with Crippen molar-refractivity contribution in [2.75, 3.05) is 19.0 Å². The number of methoxy groups -OCH3 is 1. The second-order valence-corrected chi connectivity index (χ2v) is 7.46. The third-order valence-electron chi connectivity index (χ3n) is 5.47. The lowest BCUT2D eigenvalue weighted by Crippen LogP contribution is -2.39. The van der Waals surface area contributed by atoms with E-state index in [0.29, 0.717) is 12.2 Å². The Balaban J connectivity index is 1.40. The normalized spacial score (nSPS) is 16.2. The van der Waals surface area contributed by atoms with E-state index in [9.17, 15) is 4.79 Å².